The number of hydrogen-bond acceptors (Lipinski definition) is 6. The van der Waals surface area contributed by atoms with Crippen molar-refractivity contribution in [3.05, 3.63) is 53.9 Å². The van der Waals surface area contributed by atoms with Gasteiger partial charge in [0.2, 0.25) is 0 Å². The average molecular weight is 523 g/mol. The molecule has 3 atom stereocenters. The highest BCUT2D eigenvalue weighted by atomic mass is 16.5. The van der Waals surface area contributed by atoms with Crippen LogP contribution < -0.4 is 10.1 Å². The van der Waals surface area contributed by atoms with E-state index in [-0.39, 0.29) is 29.9 Å². The number of ether oxygens (including phenoxy) is 2. The summed E-state index contributed by atoms with van der Waals surface area (Å²) in [5.74, 6) is 1.03. The molecule has 0 bridgehead atoms. The summed E-state index contributed by atoms with van der Waals surface area (Å²) >= 11 is 0. The molecule has 8 nitrogen and oxygen atoms in total. The minimum absolute atomic E-state index is 0.0770. The van der Waals surface area contributed by atoms with Crippen LogP contribution in [0.5, 0.6) is 5.75 Å². The van der Waals surface area contributed by atoms with Crippen molar-refractivity contribution in [3.8, 4) is 5.75 Å². The van der Waals surface area contributed by atoms with E-state index in [2.05, 4.69) is 29.0 Å². The Kier molecular flexibility index (Phi) is 9.74. The number of hydrogen-bond donors (Lipinski definition) is 1. The van der Waals surface area contributed by atoms with E-state index >= 15 is 0 Å². The van der Waals surface area contributed by atoms with Gasteiger partial charge in [0.1, 0.15) is 12.4 Å². The lowest BCUT2D eigenvalue weighted by molar-refractivity contribution is 0.00690. The van der Waals surface area contributed by atoms with Gasteiger partial charge in [-0.25, -0.2) is 0 Å². The minimum atomic E-state index is -0.265. The van der Waals surface area contributed by atoms with Crippen LogP contribution in [0, 0.1) is 11.8 Å². The normalized spacial score (nSPS) is 24.1. The van der Waals surface area contributed by atoms with Gasteiger partial charge in [0.25, 0.3) is 11.8 Å². The van der Waals surface area contributed by atoms with Gasteiger partial charge in [0.05, 0.1) is 17.2 Å². The second kappa shape index (κ2) is 13.2. The van der Waals surface area contributed by atoms with Crippen LogP contribution in [0.2, 0.25) is 0 Å². The molecule has 2 aromatic rings. The molecule has 1 aliphatic heterocycles. The Balaban J connectivity index is 1.59. The number of amides is 2. The highest BCUT2D eigenvalue weighted by Crippen LogP contribution is 2.29. The number of nitrogens with zero attached hydrogens (tertiary/aromatic N) is 3. The Morgan fingerprint density at radius 3 is 2.66 bits per heavy atom. The van der Waals surface area contributed by atoms with Crippen molar-refractivity contribution in [1.29, 1.82) is 0 Å². The van der Waals surface area contributed by atoms with Crippen molar-refractivity contribution in [2.24, 2.45) is 11.8 Å². The number of carbonyl (C=O) groups is 2. The van der Waals surface area contributed by atoms with Crippen molar-refractivity contribution in [2.75, 3.05) is 45.7 Å². The number of methoxy groups -OCH3 is 1. The Hall–Kier alpha value is -2.97. The van der Waals surface area contributed by atoms with Crippen LogP contribution in [0.1, 0.15) is 66.7 Å². The molecule has 2 aliphatic rings. The average Bonchev–Trinajstić information content (AvgIpc) is 2.94. The van der Waals surface area contributed by atoms with Crippen molar-refractivity contribution in [3.63, 3.8) is 0 Å². The van der Waals surface area contributed by atoms with Gasteiger partial charge in [-0.1, -0.05) is 26.2 Å². The van der Waals surface area contributed by atoms with Crippen LogP contribution in [0.3, 0.4) is 0 Å². The standard InChI is InChI=1S/C30H42N4O4/c1-21-17-34(18-23-9-6-5-7-10-23)22(2)20-38-27-15-25(32-29(35)24-11-8-14-31-16-24)12-13-26(27)30(36)33(3)19-28(21)37-4/h8,11-16,21-23,28H,5-7,9-10,17-20H2,1-4H3,(H,32,35)/t21-,22-,28-/m1/s1. The highest BCUT2D eigenvalue weighted by Gasteiger charge is 2.30. The zero-order valence-electron chi connectivity index (χ0n) is 23.2. The Morgan fingerprint density at radius 1 is 1.16 bits per heavy atom. The molecular weight excluding hydrogens is 480 g/mol. The first-order valence-corrected chi connectivity index (χ1v) is 13.9. The lowest BCUT2D eigenvalue weighted by atomic mass is 9.88. The largest absolute Gasteiger partial charge is 0.491 e. The van der Waals surface area contributed by atoms with Gasteiger partial charge in [-0.3, -0.25) is 19.5 Å². The summed E-state index contributed by atoms with van der Waals surface area (Å²) in [6.45, 7) is 7.28. The van der Waals surface area contributed by atoms with Crippen LogP contribution >= 0.6 is 0 Å². The summed E-state index contributed by atoms with van der Waals surface area (Å²) in [7, 11) is 3.53. The molecule has 1 aromatic heterocycles. The van der Waals surface area contributed by atoms with Crippen LogP contribution in [-0.2, 0) is 4.74 Å². The van der Waals surface area contributed by atoms with E-state index in [1.807, 2.05) is 0 Å². The molecule has 4 rings (SSSR count). The summed E-state index contributed by atoms with van der Waals surface area (Å²) in [5.41, 5.74) is 1.50. The number of fused-ring (bicyclic) bond motifs is 1. The topological polar surface area (TPSA) is 84.0 Å². The number of benzene rings is 1. The predicted octanol–water partition coefficient (Wildman–Crippen LogP) is 4.72. The molecule has 0 radical (unpaired) electrons. The summed E-state index contributed by atoms with van der Waals surface area (Å²) < 4.78 is 12.2. The van der Waals surface area contributed by atoms with Gasteiger partial charge in [-0.2, -0.15) is 0 Å². The van der Waals surface area contributed by atoms with E-state index in [0.717, 1.165) is 13.1 Å². The van der Waals surface area contributed by atoms with Crippen LogP contribution in [0.25, 0.3) is 0 Å². The second-order valence-corrected chi connectivity index (χ2v) is 11.0. The maximum Gasteiger partial charge on any atom is 0.257 e. The number of likely N-dealkylation sites (N-methyl/N-ethyl adjacent to an activating group) is 1. The molecule has 1 aliphatic carbocycles. The Morgan fingerprint density at radius 2 is 1.95 bits per heavy atom. The van der Waals surface area contributed by atoms with Crippen molar-refractivity contribution in [2.45, 2.75) is 58.1 Å². The molecule has 38 heavy (non-hydrogen) atoms. The van der Waals surface area contributed by atoms with E-state index in [1.165, 1.54) is 38.3 Å². The first kappa shape index (κ1) is 28.0. The zero-order valence-corrected chi connectivity index (χ0v) is 23.2. The van der Waals surface area contributed by atoms with Gasteiger partial charge in [-0.05, 0) is 55.9 Å². The molecular formula is C30H42N4O4. The van der Waals surface area contributed by atoms with Crippen molar-refractivity contribution < 1.29 is 19.1 Å². The van der Waals surface area contributed by atoms with E-state index < -0.39 is 0 Å². The van der Waals surface area contributed by atoms with E-state index in [9.17, 15) is 9.59 Å². The summed E-state index contributed by atoms with van der Waals surface area (Å²) in [6, 6.07) is 8.80. The fourth-order valence-electron chi connectivity index (χ4n) is 5.58. The number of carbonyl (C=O) groups excluding carboxylic acids is 2. The van der Waals surface area contributed by atoms with Gasteiger partial charge in [0.15, 0.2) is 0 Å². The summed E-state index contributed by atoms with van der Waals surface area (Å²) in [4.78, 5) is 34.4. The van der Waals surface area contributed by atoms with E-state index in [0.29, 0.717) is 41.6 Å². The van der Waals surface area contributed by atoms with Crippen LogP contribution in [0.4, 0.5) is 5.69 Å². The third-order valence-corrected chi connectivity index (χ3v) is 7.97. The van der Waals surface area contributed by atoms with Gasteiger partial charge >= 0.3 is 0 Å². The lowest BCUT2D eigenvalue weighted by Crippen LogP contribution is -2.48. The summed E-state index contributed by atoms with van der Waals surface area (Å²) in [6.07, 6.45) is 9.61. The maximum atomic E-state index is 13.5. The number of anilines is 1. The fraction of sp³-hybridized carbons (Fsp3) is 0.567. The molecule has 1 N–H and O–H groups in total. The SMILES string of the molecule is CO[C@@H]1CN(C)C(=O)c2ccc(NC(=O)c3cccnc3)cc2OC[C@@H](C)N(CC2CCCCC2)C[C@H]1C. The first-order valence-electron chi connectivity index (χ1n) is 13.9. The quantitative estimate of drug-likeness (QED) is 0.612. The van der Waals surface area contributed by atoms with E-state index in [1.54, 1.807) is 55.6 Å². The molecule has 0 unspecified atom stereocenters. The number of nitrogens with one attached hydrogen (secondary N) is 1. The maximum absolute atomic E-state index is 13.5. The highest BCUT2D eigenvalue weighted by molar-refractivity contribution is 6.04. The zero-order chi connectivity index (χ0) is 27.1. The molecule has 0 saturated heterocycles. The molecule has 0 spiro atoms. The fourth-order valence-corrected chi connectivity index (χ4v) is 5.58. The van der Waals surface area contributed by atoms with Gasteiger partial charge < -0.3 is 19.7 Å². The van der Waals surface area contributed by atoms with Gasteiger partial charge in [-0.15, -0.1) is 0 Å². The third kappa shape index (κ3) is 7.11. The molecule has 2 heterocycles. The molecule has 1 fully saturated rings. The molecule has 1 saturated carbocycles. The van der Waals surface area contributed by atoms with Crippen molar-refractivity contribution in [1.82, 2.24) is 14.8 Å². The third-order valence-electron chi connectivity index (χ3n) is 7.97. The Bertz CT molecular complexity index is 1070. The van der Waals surface area contributed by atoms with Gasteiger partial charge in [0, 0.05) is 64.0 Å². The molecule has 8 heteroatoms. The molecule has 206 valence electrons. The first-order chi connectivity index (χ1) is 18.4. The van der Waals surface area contributed by atoms with Crippen molar-refractivity contribution >= 4 is 17.5 Å². The van der Waals surface area contributed by atoms with Crippen LogP contribution in [0.15, 0.2) is 42.7 Å². The molecule has 1 aromatic carbocycles. The predicted molar refractivity (Wildman–Crippen MR) is 149 cm³/mol. The number of pyridine rings is 1. The van der Waals surface area contributed by atoms with E-state index in [4.69, 9.17) is 9.47 Å². The number of aromatic nitrogens is 1. The van der Waals surface area contributed by atoms with Crippen LogP contribution in [-0.4, -0.2) is 79.1 Å². The molecule has 2 amide bonds. The minimum Gasteiger partial charge on any atom is -0.491 e. The second-order valence-electron chi connectivity index (χ2n) is 11.0. The number of rotatable bonds is 5. The monoisotopic (exact) mass is 522 g/mol. The lowest BCUT2D eigenvalue weighted by Gasteiger charge is -2.38. The summed E-state index contributed by atoms with van der Waals surface area (Å²) in [5, 5.41) is 2.90. The Labute approximate surface area is 226 Å². The smallest absolute Gasteiger partial charge is 0.257 e.